The molecular formula is C26H23F4N3O4S. The molecule has 1 N–H and O–H groups in total. The number of pyridine rings is 1. The molecule has 200 valence electrons. The number of nitrogens with one attached hydrogen (secondary N) is 1. The Bertz CT molecular complexity index is 1440. The van der Waals surface area contributed by atoms with E-state index in [1.165, 1.54) is 17.3 Å². The molecule has 0 fully saturated rings. The number of rotatable bonds is 2. The lowest BCUT2D eigenvalue weighted by molar-refractivity contribution is -0.172. The molecule has 0 saturated heterocycles. The first kappa shape index (κ1) is 27.2. The van der Waals surface area contributed by atoms with E-state index in [2.05, 4.69) is 22.3 Å². The van der Waals surface area contributed by atoms with Crippen LogP contribution in [0.15, 0.2) is 64.4 Å². The normalized spacial score (nSPS) is 15.0. The van der Waals surface area contributed by atoms with Gasteiger partial charge in [-0.25, -0.2) is 4.39 Å². The molecule has 0 spiro atoms. The predicted octanol–water partition coefficient (Wildman–Crippen LogP) is 4.70. The quantitative estimate of drug-likeness (QED) is 0.369. The molecule has 0 unspecified atom stereocenters. The van der Waals surface area contributed by atoms with Crippen molar-refractivity contribution in [2.24, 2.45) is 0 Å². The summed E-state index contributed by atoms with van der Waals surface area (Å²) in [6, 6.07) is 12.7. The number of amides is 1. The van der Waals surface area contributed by atoms with Crippen LogP contribution < -0.4 is 15.6 Å². The number of carbonyl (C=O) groups excluding carboxylic acids is 2. The van der Waals surface area contributed by atoms with E-state index in [-0.39, 0.29) is 5.82 Å². The lowest BCUT2D eigenvalue weighted by atomic mass is 10.0. The van der Waals surface area contributed by atoms with Crippen LogP contribution in [0.5, 0.6) is 5.75 Å². The van der Waals surface area contributed by atoms with Crippen LogP contribution in [-0.2, 0) is 17.0 Å². The van der Waals surface area contributed by atoms with E-state index in [1.807, 2.05) is 18.2 Å². The van der Waals surface area contributed by atoms with Crippen LogP contribution in [0, 0.1) is 5.82 Å². The van der Waals surface area contributed by atoms with Crippen LogP contribution >= 0.6 is 11.8 Å². The Morgan fingerprint density at radius 1 is 1.05 bits per heavy atom. The van der Waals surface area contributed by atoms with E-state index < -0.39 is 47.6 Å². The highest BCUT2D eigenvalue weighted by molar-refractivity contribution is 7.98. The fraction of sp³-hybridized carbons (Fsp3) is 0.269. The van der Waals surface area contributed by atoms with Crippen LogP contribution in [0.4, 0.5) is 17.6 Å². The molecule has 7 nitrogen and oxygen atoms in total. The second-order valence-electron chi connectivity index (χ2n) is 8.59. The van der Waals surface area contributed by atoms with Crippen molar-refractivity contribution in [2.75, 3.05) is 12.1 Å². The van der Waals surface area contributed by atoms with Gasteiger partial charge < -0.3 is 15.1 Å². The Hall–Kier alpha value is -3.80. The SMILES string of the molecule is CC(=O)Oc1c2n(ccc1=O)NCN([C@@H](C)C(F)(F)F)C2=O.Fc1cccc2c1SCc1ccccc1C2. The number of nitrogens with zero attached hydrogens (tertiary/aromatic N) is 2. The van der Waals surface area contributed by atoms with Gasteiger partial charge in [-0.15, -0.1) is 11.8 Å². The largest absolute Gasteiger partial charge is 0.420 e. The van der Waals surface area contributed by atoms with Crippen molar-refractivity contribution < 1.29 is 31.9 Å². The molecule has 1 amide bonds. The molecule has 38 heavy (non-hydrogen) atoms. The summed E-state index contributed by atoms with van der Waals surface area (Å²) in [6.45, 7) is 1.43. The third-order valence-electron chi connectivity index (χ3n) is 6.04. The van der Waals surface area contributed by atoms with Crippen LogP contribution in [0.25, 0.3) is 0 Å². The minimum Gasteiger partial charge on any atom is -0.420 e. The molecule has 2 aliphatic heterocycles. The monoisotopic (exact) mass is 549 g/mol. The average molecular weight is 550 g/mol. The Balaban J connectivity index is 0.000000185. The third-order valence-corrected chi connectivity index (χ3v) is 7.24. The summed E-state index contributed by atoms with van der Waals surface area (Å²) in [5.41, 5.74) is 5.04. The molecule has 0 saturated carbocycles. The molecule has 0 bridgehead atoms. The van der Waals surface area contributed by atoms with E-state index in [9.17, 15) is 31.9 Å². The number of carbonyl (C=O) groups is 2. The van der Waals surface area contributed by atoms with Gasteiger partial charge >= 0.3 is 12.1 Å². The van der Waals surface area contributed by atoms with Crippen molar-refractivity contribution in [2.45, 2.75) is 43.1 Å². The van der Waals surface area contributed by atoms with E-state index in [1.54, 1.807) is 23.9 Å². The smallest absolute Gasteiger partial charge is 0.408 e. The number of thioether (sulfide) groups is 1. The maximum Gasteiger partial charge on any atom is 0.408 e. The lowest BCUT2D eigenvalue weighted by Crippen LogP contribution is -2.54. The summed E-state index contributed by atoms with van der Waals surface area (Å²) in [5.74, 6) is -1.75. The molecule has 0 aliphatic carbocycles. The highest BCUT2D eigenvalue weighted by Gasteiger charge is 2.44. The van der Waals surface area contributed by atoms with Gasteiger partial charge in [0.05, 0.1) is 0 Å². The number of esters is 1. The maximum absolute atomic E-state index is 13.7. The summed E-state index contributed by atoms with van der Waals surface area (Å²) < 4.78 is 57.8. The zero-order chi connectivity index (χ0) is 27.6. The first-order chi connectivity index (χ1) is 18.0. The third kappa shape index (κ3) is 5.69. The van der Waals surface area contributed by atoms with E-state index in [0.29, 0.717) is 4.90 Å². The standard InChI is InChI=1S/C14H11FS.C12H12F3N3O4/c15-13-7-3-6-11-8-10-4-1-2-5-12(10)9-16-14(11)13;1-6(12(13,14)15)17-5-16-18-4-3-8(20)10(22-7(2)19)9(18)11(17)21/h1-7H,8-9H2;3-4,6,16H,5H2,1-2H3/t;6-/m.0/s1. The van der Waals surface area contributed by atoms with Crippen molar-refractivity contribution >= 4 is 23.6 Å². The Kier molecular flexibility index (Phi) is 7.81. The Morgan fingerprint density at radius 3 is 2.42 bits per heavy atom. The molecule has 1 atom stereocenters. The van der Waals surface area contributed by atoms with Crippen LogP contribution in [0.2, 0.25) is 0 Å². The summed E-state index contributed by atoms with van der Waals surface area (Å²) in [7, 11) is 0. The van der Waals surface area contributed by atoms with Gasteiger partial charge in [0.15, 0.2) is 5.69 Å². The van der Waals surface area contributed by atoms with Crippen molar-refractivity contribution in [3.8, 4) is 5.75 Å². The number of halogens is 4. The van der Waals surface area contributed by atoms with E-state index in [4.69, 9.17) is 0 Å². The second-order valence-corrected chi connectivity index (χ2v) is 9.58. The first-order valence-electron chi connectivity index (χ1n) is 11.5. The van der Waals surface area contributed by atoms with E-state index in [0.717, 1.165) is 47.2 Å². The van der Waals surface area contributed by atoms with Gasteiger partial charge in [-0.05, 0) is 36.1 Å². The molecule has 0 radical (unpaired) electrons. The van der Waals surface area contributed by atoms with Crippen LogP contribution in [0.1, 0.15) is 41.0 Å². The number of hydrogen-bond donors (Lipinski definition) is 1. The summed E-state index contributed by atoms with van der Waals surface area (Å²) in [4.78, 5) is 36.4. The van der Waals surface area contributed by atoms with Gasteiger partial charge in [-0.1, -0.05) is 36.4 Å². The number of alkyl halides is 3. The van der Waals surface area contributed by atoms with Gasteiger partial charge in [0, 0.05) is 29.8 Å². The molecule has 1 aromatic heterocycles. The topological polar surface area (TPSA) is 80.6 Å². The van der Waals surface area contributed by atoms with Crippen molar-refractivity contribution in [1.29, 1.82) is 0 Å². The van der Waals surface area contributed by atoms with Gasteiger partial charge in [-0.3, -0.25) is 19.1 Å². The number of aromatic nitrogens is 1. The molecule has 2 aliphatic rings. The highest BCUT2D eigenvalue weighted by atomic mass is 32.2. The highest BCUT2D eigenvalue weighted by Crippen LogP contribution is 2.35. The van der Waals surface area contributed by atoms with Crippen molar-refractivity contribution in [3.05, 3.63) is 93.2 Å². The minimum atomic E-state index is -4.63. The summed E-state index contributed by atoms with van der Waals surface area (Å²) >= 11 is 1.60. The minimum absolute atomic E-state index is 0.0877. The molecule has 3 heterocycles. The Morgan fingerprint density at radius 2 is 1.74 bits per heavy atom. The molecular weight excluding hydrogens is 526 g/mol. The zero-order valence-corrected chi connectivity index (χ0v) is 21.2. The van der Waals surface area contributed by atoms with Crippen molar-refractivity contribution in [1.82, 2.24) is 9.58 Å². The number of fused-ring (bicyclic) bond motifs is 3. The maximum atomic E-state index is 13.7. The van der Waals surface area contributed by atoms with Gasteiger partial charge in [0.2, 0.25) is 11.2 Å². The molecule has 2 aromatic carbocycles. The summed E-state index contributed by atoms with van der Waals surface area (Å²) in [5, 5.41) is 0. The zero-order valence-electron chi connectivity index (χ0n) is 20.3. The average Bonchev–Trinajstić information content (AvgIpc) is 3.05. The number of benzene rings is 2. The fourth-order valence-corrected chi connectivity index (χ4v) is 5.14. The Labute approximate surface area is 219 Å². The molecule has 3 aromatic rings. The van der Waals surface area contributed by atoms with Crippen molar-refractivity contribution in [3.63, 3.8) is 0 Å². The first-order valence-corrected chi connectivity index (χ1v) is 12.5. The molecule has 5 rings (SSSR count). The summed E-state index contributed by atoms with van der Waals surface area (Å²) in [6.07, 6.45) is -2.61. The van der Waals surface area contributed by atoms with E-state index >= 15 is 0 Å². The molecule has 12 heteroatoms. The number of ether oxygens (including phenoxy) is 1. The fourth-order valence-electron chi connectivity index (χ4n) is 4.02. The van der Waals surface area contributed by atoms with Gasteiger partial charge in [-0.2, -0.15) is 13.2 Å². The van der Waals surface area contributed by atoms with Crippen LogP contribution in [-0.4, -0.2) is 40.3 Å². The van der Waals surface area contributed by atoms with Gasteiger partial charge in [0.1, 0.15) is 18.5 Å². The predicted molar refractivity (Wildman–Crippen MR) is 133 cm³/mol. The lowest BCUT2D eigenvalue weighted by Gasteiger charge is -2.36. The number of hydrogen-bond acceptors (Lipinski definition) is 6. The van der Waals surface area contributed by atoms with Gasteiger partial charge in [0.25, 0.3) is 5.91 Å². The second kappa shape index (κ2) is 10.9. The van der Waals surface area contributed by atoms with Crippen LogP contribution in [0.3, 0.4) is 0 Å².